The van der Waals surface area contributed by atoms with E-state index in [0.29, 0.717) is 23.7 Å². The SMILES string of the molecule is CC(=O)N(CC(=O)O)CC1CN(C(=O)c2cccc(C)c2Cl)CCO1. The molecule has 1 aromatic carbocycles. The van der Waals surface area contributed by atoms with E-state index in [2.05, 4.69) is 0 Å². The van der Waals surface area contributed by atoms with E-state index in [9.17, 15) is 14.4 Å². The third-order valence-electron chi connectivity index (χ3n) is 4.04. The predicted molar refractivity (Wildman–Crippen MR) is 91.7 cm³/mol. The maximum atomic E-state index is 12.7. The molecule has 0 aromatic heterocycles. The topological polar surface area (TPSA) is 87.2 Å². The van der Waals surface area contributed by atoms with Crippen molar-refractivity contribution in [1.29, 1.82) is 0 Å². The molecule has 1 aliphatic heterocycles. The minimum Gasteiger partial charge on any atom is -0.480 e. The Morgan fingerprint density at radius 1 is 1.40 bits per heavy atom. The van der Waals surface area contributed by atoms with Gasteiger partial charge >= 0.3 is 5.97 Å². The Morgan fingerprint density at radius 3 is 2.76 bits per heavy atom. The van der Waals surface area contributed by atoms with Crippen molar-refractivity contribution in [2.24, 2.45) is 0 Å². The van der Waals surface area contributed by atoms with Gasteiger partial charge < -0.3 is 19.6 Å². The molecule has 1 aliphatic rings. The maximum Gasteiger partial charge on any atom is 0.323 e. The van der Waals surface area contributed by atoms with Crippen LogP contribution in [0.5, 0.6) is 0 Å². The van der Waals surface area contributed by atoms with Crippen LogP contribution in [-0.2, 0) is 14.3 Å². The smallest absolute Gasteiger partial charge is 0.323 e. The molecule has 1 saturated heterocycles. The zero-order chi connectivity index (χ0) is 18.6. The summed E-state index contributed by atoms with van der Waals surface area (Å²) >= 11 is 6.23. The number of nitrogens with zero attached hydrogens (tertiary/aromatic N) is 2. The van der Waals surface area contributed by atoms with Gasteiger partial charge in [-0.3, -0.25) is 14.4 Å². The molecule has 25 heavy (non-hydrogen) atoms. The second kappa shape index (κ2) is 8.31. The maximum absolute atomic E-state index is 12.7. The third-order valence-corrected chi connectivity index (χ3v) is 4.55. The molecule has 1 fully saturated rings. The van der Waals surface area contributed by atoms with E-state index in [1.165, 1.54) is 11.8 Å². The fourth-order valence-electron chi connectivity index (χ4n) is 2.71. The molecule has 0 spiro atoms. The van der Waals surface area contributed by atoms with Crippen LogP contribution in [0.2, 0.25) is 5.02 Å². The first-order valence-corrected chi connectivity index (χ1v) is 8.30. The number of carbonyl (C=O) groups is 3. The molecule has 1 unspecified atom stereocenters. The Balaban J connectivity index is 2.07. The van der Waals surface area contributed by atoms with Crippen molar-refractivity contribution in [2.75, 3.05) is 32.8 Å². The van der Waals surface area contributed by atoms with Crippen LogP contribution in [0.3, 0.4) is 0 Å². The highest BCUT2D eigenvalue weighted by Crippen LogP contribution is 2.22. The second-order valence-corrected chi connectivity index (χ2v) is 6.35. The lowest BCUT2D eigenvalue weighted by Crippen LogP contribution is -2.51. The Labute approximate surface area is 151 Å². The molecule has 2 rings (SSSR count). The quantitative estimate of drug-likeness (QED) is 0.849. The van der Waals surface area contributed by atoms with Crippen molar-refractivity contribution >= 4 is 29.4 Å². The van der Waals surface area contributed by atoms with Gasteiger partial charge in [-0.25, -0.2) is 0 Å². The van der Waals surface area contributed by atoms with Gasteiger partial charge in [0.05, 0.1) is 23.3 Å². The highest BCUT2D eigenvalue weighted by Gasteiger charge is 2.28. The summed E-state index contributed by atoms with van der Waals surface area (Å²) in [5, 5.41) is 9.32. The fourth-order valence-corrected chi connectivity index (χ4v) is 2.92. The number of benzene rings is 1. The molecule has 0 saturated carbocycles. The van der Waals surface area contributed by atoms with Crippen molar-refractivity contribution < 1.29 is 24.2 Å². The average molecular weight is 369 g/mol. The van der Waals surface area contributed by atoms with Crippen LogP contribution in [0.4, 0.5) is 0 Å². The van der Waals surface area contributed by atoms with Crippen LogP contribution in [0.25, 0.3) is 0 Å². The van der Waals surface area contributed by atoms with Crippen LogP contribution < -0.4 is 0 Å². The number of rotatable bonds is 5. The monoisotopic (exact) mass is 368 g/mol. The first kappa shape index (κ1) is 19.2. The van der Waals surface area contributed by atoms with Gasteiger partial charge in [-0.1, -0.05) is 23.7 Å². The standard InChI is InChI=1S/C17H21ClN2O5/c1-11-4-3-5-14(16(11)18)17(24)19-6-7-25-13(8-19)9-20(12(2)21)10-15(22)23/h3-5,13H,6-10H2,1-2H3,(H,22,23). The lowest BCUT2D eigenvalue weighted by Gasteiger charge is -2.35. The molecule has 1 N–H and O–H groups in total. The van der Waals surface area contributed by atoms with Gasteiger partial charge in [0, 0.05) is 26.6 Å². The fraction of sp³-hybridized carbons (Fsp3) is 0.471. The third kappa shape index (κ3) is 4.93. The molecule has 136 valence electrons. The Morgan fingerprint density at radius 2 is 2.12 bits per heavy atom. The summed E-state index contributed by atoms with van der Waals surface area (Å²) in [6, 6.07) is 5.28. The van der Waals surface area contributed by atoms with Crippen molar-refractivity contribution in [2.45, 2.75) is 20.0 Å². The highest BCUT2D eigenvalue weighted by atomic mass is 35.5. The summed E-state index contributed by atoms with van der Waals surface area (Å²) in [5.74, 6) is -1.64. The van der Waals surface area contributed by atoms with Gasteiger partial charge in [0.25, 0.3) is 5.91 Å². The largest absolute Gasteiger partial charge is 0.480 e. The molecule has 0 radical (unpaired) electrons. The zero-order valence-corrected chi connectivity index (χ0v) is 15.0. The van der Waals surface area contributed by atoms with E-state index in [0.717, 1.165) is 5.56 Å². The van der Waals surface area contributed by atoms with Crippen LogP contribution in [0.1, 0.15) is 22.8 Å². The van der Waals surface area contributed by atoms with Crippen LogP contribution in [0.15, 0.2) is 18.2 Å². The van der Waals surface area contributed by atoms with E-state index in [4.69, 9.17) is 21.4 Å². The molecule has 0 bridgehead atoms. The molecule has 8 heteroatoms. The van der Waals surface area contributed by atoms with E-state index in [1.54, 1.807) is 17.0 Å². The number of aryl methyl sites for hydroxylation is 1. The summed E-state index contributed by atoms with van der Waals surface area (Å²) in [4.78, 5) is 38.0. The van der Waals surface area contributed by atoms with E-state index in [-0.39, 0.29) is 24.9 Å². The van der Waals surface area contributed by atoms with E-state index >= 15 is 0 Å². The molecule has 1 aromatic rings. The second-order valence-electron chi connectivity index (χ2n) is 5.97. The molecule has 1 heterocycles. The summed E-state index contributed by atoms with van der Waals surface area (Å²) in [5.41, 5.74) is 1.25. The van der Waals surface area contributed by atoms with E-state index in [1.807, 2.05) is 13.0 Å². The number of hydrogen-bond acceptors (Lipinski definition) is 4. The zero-order valence-electron chi connectivity index (χ0n) is 14.2. The lowest BCUT2D eigenvalue weighted by atomic mass is 10.1. The molecule has 7 nitrogen and oxygen atoms in total. The number of amides is 2. The first-order chi connectivity index (χ1) is 11.8. The average Bonchev–Trinajstić information content (AvgIpc) is 2.56. The lowest BCUT2D eigenvalue weighted by molar-refractivity contribution is -0.145. The van der Waals surface area contributed by atoms with Crippen molar-refractivity contribution in [3.05, 3.63) is 34.3 Å². The Kier molecular flexibility index (Phi) is 6.39. The van der Waals surface area contributed by atoms with E-state index < -0.39 is 18.6 Å². The first-order valence-electron chi connectivity index (χ1n) is 7.93. The van der Waals surface area contributed by atoms with Crippen LogP contribution in [0, 0.1) is 6.92 Å². The van der Waals surface area contributed by atoms with Crippen molar-refractivity contribution in [3.63, 3.8) is 0 Å². The highest BCUT2D eigenvalue weighted by molar-refractivity contribution is 6.34. The van der Waals surface area contributed by atoms with Crippen molar-refractivity contribution in [1.82, 2.24) is 9.80 Å². The molecule has 2 amide bonds. The van der Waals surface area contributed by atoms with Gasteiger partial charge in [-0.05, 0) is 18.6 Å². The van der Waals surface area contributed by atoms with Gasteiger partial charge in [0.15, 0.2) is 0 Å². The minimum atomic E-state index is -1.09. The Hall–Kier alpha value is -2.12. The molecular formula is C17H21ClN2O5. The van der Waals surface area contributed by atoms with Gasteiger partial charge in [0.2, 0.25) is 5.91 Å². The van der Waals surface area contributed by atoms with Gasteiger partial charge in [-0.2, -0.15) is 0 Å². The number of carbonyl (C=O) groups excluding carboxylic acids is 2. The van der Waals surface area contributed by atoms with Crippen molar-refractivity contribution in [3.8, 4) is 0 Å². The minimum absolute atomic E-state index is 0.118. The summed E-state index contributed by atoms with van der Waals surface area (Å²) < 4.78 is 5.60. The number of ether oxygens (including phenoxy) is 1. The number of carboxylic acid groups (broad SMARTS) is 1. The predicted octanol–water partition coefficient (Wildman–Crippen LogP) is 1.42. The number of hydrogen-bond donors (Lipinski definition) is 1. The number of carboxylic acids is 1. The summed E-state index contributed by atoms with van der Waals surface area (Å²) in [7, 11) is 0. The number of halogens is 1. The van der Waals surface area contributed by atoms with Crippen LogP contribution in [-0.4, -0.2) is 71.6 Å². The molecule has 0 aliphatic carbocycles. The Bertz CT molecular complexity index is 679. The normalized spacial score (nSPS) is 17.2. The van der Waals surface area contributed by atoms with Gasteiger partial charge in [-0.15, -0.1) is 0 Å². The molecule has 1 atom stereocenters. The van der Waals surface area contributed by atoms with Gasteiger partial charge in [0.1, 0.15) is 6.54 Å². The number of morpholine rings is 1. The molecular weight excluding hydrogens is 348 g/mol. The number of aliphatic carboxylic acids is 1. The summed E-state index contributed by atoms with van der Waals surface area (Å²) in [6.07, 6.45) is -0.440. The van der Waals surface area contributed by atoms with Crippen LogP contribution >= 0.6 is 11.6 Å². The summed E-state index contributed by atoms with van der Waals surface area (Å²) in [6.45, 7) is 3.86.